The number of halogens is 1. The minimum absolute atomic E-state index is 0.157. The summed E-state index contributed by atoms with van der Waals surface area (Å²) in [5, 5.41) is 4.85. The van der Waals surface area contributed by atoms with E-state index in [4.69, 9.17) is 5.73 Å². The molecule has 3 aromatic carbocycles. The first kappa shape index (κ1) is 28.7. The van der Waals surface area contributed by atoms with Crippen molar-refractivity contribution in [2.24, 2.45) is 11.7 Å². The second-order valence-electron chi connectivity index (χ2n) is 10.3. The number of carbonyl (C=O) groups is 4. The van der Waals surface area contributed by atoms with Crippen LogP contribution in [0.1, 0.15) is 31.4 Å². The minimum atomic E-state index is -0.900. The second-order valence-corrected chi connectivity index (χ2v) is 10.3. The van der Waals surface area contributed by atoms with Crippen LogP contribution in [0.5, 0.6) is 0 Å². The Labute approximate surface area is 233 Å². The van der Waals surface area contributed by atoms with E-state index in [1.165, 1.54) is 24.0 Å². The van der Waals surface area contributed by atoms with Crippen molar-refractivity contribution >= 4 is 34.4 Å². The fraction of sp³-hybridized carbons (Fsp3) is 0.355. The van der Waals surface area contributed by atoms with Crippen LogP contribution in [0.25, 0.3) is 10.8 Å². The van der Waals surface area contributed by atoms with E-state index in [-0.39, 0.29) is 43.8 Å². The summed E-state index contributed by atoms with van der Waals surface area (Å²) < 4.78 is 13.4. The van der Waals surface area contributed by atoms with E-state index < -0.39 is 29.7 Å². The molecule has 1 fully saturated rings. The quantitative estimate of drug-likeness (QED) is 0.407. The Morgan fingerprint density at radius 3 is 2.30 bits per heavy atom. The van der Waals surface area contributed by atoms with Crippen molar-refractivity contribution in [3.05, 3.63) is 83.7 Å². The number of nitrogens with zero attached hydrogens (tertiary/aromatic N) is 2. The molecule has 210 valence electrons. The predicted octanol–water partition coefficient (Wildman–Crippen LogP) is 2.82. The van der Waals surface area contributed by atoms with Gasteiger partial charge in [-0.1, -0.05) is 61.5 Å². The molecule has 4 amide bonds. The van der Waals surface area contributed by atoms with E-state index in [0.29, 0.717) is 18.4 Å². The van der Waals surface area contributed by atoms with Crippen LogP contribution in [0.3, 0.4) is 0 Å². The fourth-order valence-electron chi connectivity index (χ4n) is 5.35. The molecule has 1 saturated heterocycles. The van der Waals surface area contributed by atoms with Gasteiger partial charge in [0.25, 0.3) is 0 Å². The zero-order valence-corrected chi connectivity index (χ0v) is 22.8. The summed E-state index contributed by atoms with van der Waals surface area (Å²) in [5.41, 5.74) is 7.40. The van der Waals surface area contributed by atoms with Gasteiger partial charge < -0.3 is 20.9 Å². The van der Waals surface area contributed by atoms with Crippen LogP contribution >= 0.6 is 0 Å². The third kappa shape index (κ3) is 6.83. The third-order valence-corrected chi connectivity index (χ3v) is 7.42. The van der Waals surface area contributed by atoms with Crippen LogP contribution in [0.4, 0.5) is 4.39 Å². The molecular weight excluding hydrogens is 511 g/mol. The Morgan fingerprint density at radius 2 is 1.65 bits per heavy atom. The highest BCUT2D eigenvalue weighted by Crippen LogP contribution is 2.22. The first-order valence-corrected chi connectivity index (χ1v) is 13.5. The standard InChI is InChI=1S/C31H35FN4O4/c1-3-28-31(40)35(19-25(29(33)38)17-22-8-11-23-6-4-5-7-24(23)16-22)14-15-36(28)30(39)27(34-20(2)37)18-21-9-12-26(32)13-10-21/h4-13,16,25,27-28H,3,14-15,17-19H2,1-2H3,(H2,33,38)(H,34,37). The van der Waals surface area contributed by atoms with Crippen molar-refractivity contribution in [1.29, 1.82) is 0 Å². The highest BCUT2D eigenvalue weighted by Gasteiger charge is 2.40. The first-order chi connectivity index (χ1) is 19.2. The molecule has 0 aromatic heterocycles. The summed E-state index contributed by atoms with van der Waals surface area (Å²) in [6.07, 6.45) is 0.932. The minimum Gasteiger partial charge on any atom is -0.369 e. The van der Waals surface area contributed by atoms with E-state index in [2.05, 4.69) is 5.32 Å². The molecule has 1 aliphatic rings. The molecule has 0 bridgehead atoms. The lowest BCUT2D eigenvalue weighted by Gasteiger charge is -2.42. The Kier molecular flexibility index (Phi) is 9.14. The topological polar surface area (TPSA) is 113 Å². The molecule has 40 heavy (non-hydrogen) atoms. The van der Waals surface area contributed by atoms with Gasteiger partial charge in [-0.25, -0.2) is 4.39 Å². The molecule has 3 unspecified atom stereocenters. The Hall–Kier alpha value is -4.27. The van der Waals surface area contributed by atoms with Gasteiger partial charge in [0.2, 0.25) is 23.6 Å². The predicted molar refractivity (Wildman–Crippen MR) is 150 cm³/mol. The summed E-state index contributed by atoms with van der Waals surface area (Å²) >= 11 is 0. The maximum atomic E-state index is 13.6. The van der Waals surface area contributed by atoms with Crippen molar-refractivity contribution in [2.45, 2.75) is 45.2 Å². The van der Waals surface area contributed by atoms with Crippen LogP contribution in [0.15, 0.2) is 66.7 Å². The Morgan fingerprint density at radius 1 is 0.975 bits per heavy atom. The van der Waals surface area contributed by atoms with Crippen molar-refractivity contribution in [1.82, 2.24) is 15.1 Å². The van der Waals surface area contributed by atoms with Gasteiger partial charge in [0, 0.05) is 33.0 Å². The number of nitrogens with one attached hydrogen (secondary N) is 1. The molecule has 1 heterocycles. The van der Waals surface area contributed by atoms with Gasteiger partial charge >= 0.3 is 0 Å². The van der Waals surface area contributed by atoms with Crippen LogP contribution in [-0.2, 0) is 32.0 Å². The number of fused-ring (bicyclic) bond motifs is 1. The summed E-state index contributed by atoms with van der Waals surface area (Å²) in [5.74, 6) is -2.48. The smallest absolute Gasteiger partial charge is 0.246 e. The van der Waals surface area contributed by atoms with E-state index >= 15 is 0 Å². The van der Waals surface area contributed by atoms with Crippen LogP contribution in [0.2, 0.25) is 0 Å². The number of rotatable bonds is 10. The van der Waals surface area contributed by atoms with E-state index in [9.17, 15) is 23.6 Å². The number of nitrogens with two attached hydrogens (primary N) is 1. The van der Waals surface area contributed by atoms with Gasteiger partial charge in [-0.15, -0.1) is 0 Å². The van der Waals surface area contributed by atoms with Gasteiger partial charge in [-0.05, 0) is 46.9 Å². The van der Waals surface area contributed by atoms with Gasteiger partial charge in [-0.2, -0.15) is 0 Å². The molecule has 4 rings (SSSR count). The van der Waals surface area contributed by atoms with Crippen LogP contribution < -0.4 is 11.1 Å². The molecule has 0 saturated carbocycles. The van der Waals surface area contributed by atoms with Gasteiger partial charge in [0.15, 0.2) is 0 Å². The highest BCUT2D eigenvalue weighted by molar-refractivity contribution is 5.93. The molecule has 1 aliphatic heterocycles. The Balaban J connectivity index is 1.47. The van der Waals surface area contributed by atoms with Gasteiger partial charge in [0.05, 0.1) is 5.92 Å². The summed E-state index contributed by atoms with van der Waals surface area (Å²) in [6, 6.07) is 18.0. The van der Waals surface area contributed by atoms with E-state index in [1.54, 1.807) is 17.0 Å². The molecule has 3 atom stereocenters. The maximum Gasteiger partial charge on any atom is 0.246 e. The van der Waals surface area contributed by atoms with Crippen LogP contribution in [-0.4, -0.2) is 65.1 Å². The van der Waals surface area contributed by atoms with Crippen molar-refractivity contribution in [3.8, 4) is 0 Å². The maximum absolute atomic E-state index is 13.6. The molecule has 0 aliphatic carbocycles. The number of primary amides is 1. The Bertz CT molecular complexity index is 1390. The number of carbonyl (C=O) groups excluding carboxylic acids is 4. The van der Waals surface area contributed by atoms with Gasteiger partial charge in [0.1, 0.15) is 17.9 Å². The van der Waals surface area contributed by atoms with Crippen molar-refractivity contribution in [2.75, 3.05) is 19.6 Å². The molecule has 9 heteroatoms. The zero-order chi connectivity index (χ0) is 28.8. The highest BCUT2D eigenvalue weighted by atomic mass is 19.1. The third-order valence-electron chi connectivity index (χ3n) is 7.42. The molecule has 0 radical (unpaired) electrons. The second kappa shape index (κ2) is 12.7. The zero-order valence-electron chi connectivity index (χ0n) is 22.8. The number of benzene rings is 3. The molecule has 8 nitrogen and oxygen atoms in total. The lowest BCUT2D eigenvalue weighted by atomic mass is 9.95. The lowest BCUT2D eigenvalue weighted by molar-refractivity contribution is -0.154. The number of hydrogen-bond donors (Lipinski definition) is 2. The van der Waals surface area contributed by atoms with Crippen molar-refractivity contribution in [3.63, 3.8) is 0 Å². The molecule has 3 N–H and O–H groups in total. The molecule has 0 spiro atoms. The number of hydrogen-bond acceptors (Lipinski definition) is 4. The number of piperazine rings is 1. The molecule has 3 aromatic rings. The lowest BCUT2D eigenvalue weighted by Crippen LogP contribution is -2.63. The van der Waals surface area contributed by atoms with E-state index in [1.807, 2.05) is 49.4 Å². The largest absolute Gasteiger partial charge is 0.369 e. The average molecular weight is 547 g/mol. The van der Waals surface area contributed by atoms with E-state index in [0.717, 1.165) is 16.3 Å². The monoisotopic (exact) mass is 546 g/mol. The summed E-state index contributed by atoms with van der Waals surface area (Å²) in [6.45, 7) is 3.80. The normalized spacial score (nSPS) is 17.0. The summed E-state index contributed by atoms with van der Waals surface area (Å²) in [7, 11) is 0. The van der Waals surface area contributed by atoms with Crippen LogP contribution in [0, 0.1) is 11.7 Å². The fourth-order valence-corrected chi connectivity index (χ4v) is 5.35. The SMILES string of the molecule is CCC1C(=O)N(CC(Cc2ccc3ccccc3c2)C(N)=O)CCN1C(=O)C(Cc1ccc(F)cc1)NC(C)=O. The average Bonchev–Trinajstić information content (AvgIpc) is 2.93. The number of amides is 4. The molecular formula is C31H35FN4O4. The van der Waals surface area contributed by atoms with Gasteiger partial charge in [-0.3, -0.25) is 19.2 Å². The summed E-state index contributed by atoms with van der Waals surface area (Å²) in [4.78, 5) is 54.6. The van der Waals surface area contributed by atoms with Crippen molar-refractivity contribution < 1.29 is 23.6 Å². The first-order valence-electron chi connectivity index (χ1n) is 13.5.